The number of nitrogens with one attached hydrogen (secondary N) is 1. The van der Waals surface area contributed by atoms with Gasteiger partial charge in [0.1, 0.15) is 5.82 Å². The largest absolute Gasteiger partial charge is 0.383 e. The molecule has 5 nitrogen and oxygen atoms in total. The first-order valence-corrected chi connectivity index (χ1v) is 4.48. The number of Topliss-reactive ketones (excluding diaryl/α,β-unsaturated/α-hetero) is 1. The predicted molar refractivity (Wildman–Crippen MR) is 55.3 cm³/mol. The van der Waals surface area contributed by atoms with Crippen LogP contribution in [0.1, 0.15) is 15.9 Å². The van der Waals surface area contributed by atoms with Crippen LogP contribution in [0.5, 0.6) is 0 Å². The zero-order valence-electron chi connectivity index (χ0n) is 7.97. The maximum atomic E-state index is 11.7. The fourth-order valence-electron chi connectivity index (χ4n) is 1.30. The number of nitrogen functional groups attached to an aromatic ring is 1. The Hall–Kier alpha value is -2.17. The normalized spacial score (nSPS) is 10.1. The average molecular weight is 202 g/mol. The molecule has 0 saturated carbocycles. The standard InChI is InChI=1S/C10H10N4O/c11-10-8(6-13-14-10)9(15)4-7-2-1-3-12-5-7/h1-3,5-6H,4H2,(H3,11,13,14). The zero-order valence-corrected chi connectivity index (χ0v) is 7.97. The van der Waals surface area contributed by atoms with Crippen molar-refractivity contribution in [2.75, 3.05) is 5.73 Å². The number of aromatic amines is 1. The molecule has 0 aliphatic rings. The van der Waals surface area contributed by atoms with Crippen LogP contribution in [-0.4, -0.2) is 21.0 Å². The van der Waals surface area contributed by atoms with E-state index in [4.69, 9.17) is 5.73 Å². The van der Waals surface area contributed by atoms with Gasteiger partial charge in [-0.3, -0.25) is 14.9 Å². The maximum Gasteiger partial charge on any atom is 0.172 e. The van der Waals surface area contributed by atoms with E-state index in [0.717, 1.165) is 5.56 Å². The SMILES string of the molecule is Nc1[nH]ncc1C(=O)Cc1cccnc1. The Kier molecular flexibility index (Phi) is 2.45. The molecule has 0 aliphatic heterocycles. The molecular weight excluding hydrogens is 192 g/mol. The quantitative estimate of drug-likeness (QED) is 0.721. The average Bonchev–Trinajstić information content (AvgIpc) is 2.66. The molecule has 0 aromatic carbocycles. The number of carbonyl (C=O) groups excluding carboxylic acids is 1. The minimum Gasteiger partial charge on any atom is -0.383 e. The number of carbonyl (C=O) groups is 1. The monoisotopic (exact) mass is 202 g/mol. The Morgan fingerprint density at radius 3 is 2.93 bits per heavy atom. The minimum absolute atomic E-state index is 0.0609. The van der Waals surface area contributed by atoms with Crippen LogP contribution < -0.4 is 5.73 Å². The number of pyridine rings is 1. The molecular formula is C10H10N4O. The van der Waals surface area contributed by atoms with Gasteiger partial charge in [-0.25, -0.2) is 0 Å². The van der Waals surface area contributed by atoms with Gasteiger partial charge in [0.15, 0.2) is 5.78 Å². The summed E-state index contributed by atoms with van der Waals surface area (Å²) in [5.74, 6) is 0.248. The number of hydrogen-bond acceptors (Lipinski definition) is 4. The summed E-state index contributed by atoms with van der Waals surface area (Å²) in [5.41, 5.74) is 6.83. The van der Waals surface area contributed by atoms with Crippen molar-refractivity contribution in [2.45, 2.75) is 6.42 Å². The van der Waals surface area contributed by atoms with E-state index in [0.29, 0.717) is 11.4 Å². The first kappa shape index (κ1) is 9.39. The van der Waals surface area contributed by atoms with Gasteiger partial charge >= 0.3 is 0 Å². The number of aromatic nitrogens is 3. The Bertz CT molecular complexity index is 463. The third-order valence-electron chi connectivity index (χ3n) is 2.06. The highest BCUT2D eigenvalue weighted by Crippen LogP contribution is 2.10. The molecule has 2 aromatic heterocycles. The third kappa shape index (κ3) is 2.01. The smallest absolute Gasteiger partial charge is 0.172 e. The molecule has 2 rings (SSSR count). The zero-order chi connectivity index (χ0) is 10.7. The maximum absolute atomic E-state index is 11.7. The third-order valence-corrected chi connectivity index (χ3v) is 2.06. The van der Waals surface area contributed by atoms with E-state index in [1.807, 2.05) is 6.07 Å². The summed E-state index contributed by atoms with van der Waals surface area (Å²) in [6, 6.07) is 3.64. The van der Waals surface area contributed by atoms with Crippen molar-refractivity contribution in [1.82, 2.24) is 15.2 Å². The number of anilines is 1. The molecule has 0 unspecified atom stereocenters. The molecule has 0 radical (unpaired) electrons. The second-order valence-electron chi connectivity index (χ2n) is 3.16. The molecule has 5 heteroatoms. The number of hydrogen-bond donors (Lipinski definition) is 2. The lowest BCUT2D eigenvalue weighted by atomic mass is 10.1. The van der Waals surface area contributed by atoms with E-state index in [1.165, 1.54) is 6.20 Å². The first-order valence-electron chi connectivity index (χ1n) is 4.48. The molecule has 0 aliphatic carbocycles. The van der Waals surface area contributed by atoms with Gasteiger partial charge in [0.25, 0.3) is 0 Å². The fraction of sp³-hybridized carbons (Fsp3) is 0.100. The molecule has 3 N–H and O–H groups in total. The van der Waals surface area contributed by atoms with Crippen LogP contribution in [0.4, 0.5) is 5.82 Å². The van der Waals surface area contributed by atoms with Crippen LogP contribution in [0, 0.1) is 0 Å². The predicted octanol–water partition coefficient (Wildman–Crippen LogP) is 0.812. The van der Waals surface area contributed by atoms with Crippen LogP contribution in [-0.2, 0) is 6.42 Å². The van der Waals surface area contributed by atoms with Gasteiger partial charge in [0, 0.05) is 18.8 Å². The second-order valence-corrected chi connectivity index (χ2v) is 3.16. The molecule has 76 valence electrons. The van der Waals surface area contributed by atoms with E-state index in [9.17, 15) is 4.79 Å². The minimum atomic E-state index is -0.0609. The van der Waals surface area contributed by atoms with E-state index in [1.54, 1.807) is 18.5 Å². The molecule has 15 heavy (non-hydrogen) atoms. The number of rotatable bonds is 3. The first-order chi connectivity index (χ1) is 7.27. The van der Waals surface area contributed by atoms with Crippen LogP contribution in [0.3, 0.4) is 0 Å². The van der Waals surface area contributed by atoms with Crippen molar-refractivity contribution in [3.8, 4) is 0 Å². The van der Waals surface area contributed by atoms with Gasteiger partial charge in [-0.1, -0.05) is 6.07 Å². The summed E-state index contributed by atoms with van der Waals surface area (Å²) < 4.78 is 0. The summed E-state index contributed by atoms with van der Waals surface area (Å²) in [6.45, 7) is 0. The number of nitrogens with zero attached hydrogens (tertiary/aromatic N) is 2. The Labute approximate surface area is 86.3 Å². The molecule has 2 aromatic rings. The van der Waals surface area contributed by atoms with Crippen molar-refractivity contribution in [3.63, 3.8) is 0 Å². The Morgan fingerprint density at radius 1 is 1.47 bits per heavy atom. The lowest BCUT2D eigenvalue weighted by Crippen LogP contribution is -2.05. The Morgan fingerprint density at radius 2 is 2.33 bits per heavy atom. The number of H-pyrrole nitrogens is 1. The molecule has 0 bridgehead atoms. The van der Waals surface area contributed by atoms with Gasteiger partial charge in [-0.2, -0.15) is 5.10 Å². The van der Waals surface area contributed by atoms with E-state index in [2.05, 4.69) is 15.2 Å². The lowest BCUT2D eigenvalue weighted by Gasteiger charge is -1.98. The van der Waals surface area contributed by atoms with Crippen molar-refractivity contribution < 1.29 is 4.79 Å². The number of nitrogens with two attached hydrogens (primary N) is 1. The van der Waals surface area contributed by atoms with Crippen molar-refractivity contribution in [3.05, 3.63) is 41.9 Å². The van der Waals surface area contributed by atoms with Crippen molar-refractivity contribution >= 4 is 11.6 Å². The summed E-state index contributed by atoms with van der Waals surface area (Å²) >= 11 is 0. The van der Waals surface area contributed by atoms with Crippen molar-refractivity contribution in [2.24, 2.45) is 0 Å². The van der Waals surface area contributed by atoms with E-state index < -0.39 is 0 Å². The van der Waals surface area contributed by atoms with Crippen LogP contribution >= 0.6 is 0 Å². The van der Waals surface area contributed by atoms with Crippen molar-refractivity contribution in [1.29, 1.82) is 0 Å². The lowest BCUT2D eigenvalue weighted by molar-refractivity contribution is 0.0994. The molecule has 0 saturated heterocycles. The number of ketones is 1. The summed E-state index contributed by atoms with van der Waals surface area (Å²) in [4.78, 5) is 15.7. The van der Waals surface area contributed by atoms with Crippen LogP contribution in [0.25, 0.3) is 0 Å². The van der Waals surface area contributed by atoms with Gasteiger partial charge in [-0.15, -0.1) is 0 Å². The van der Waals surface area contributed by atoms with E-state index in [-0.39, 0.29) is 12.2 Å². The second kappa shape index (κ2) is 3.91. The topological polar surface area (TPSA) is 84.7 Å². The van der Waals surface area contributed by atoms with Gasteiger partial charge in [-0.05, 0) is 11.6 Å². The van der Waals surface area contributed by atoms with Crippen LogP contribution in [0.2, 0.25) is 0 Å². The summed E-state index contributed by atoms with van der Waals surface area (Å²) in [7, 11) is 0. The van der Waals surface area contributed by atoms with Gasteiger partial charge in [0.05, 0.1) is 11.8 Å². The molecule has 2 heterocycles. The highest BCUT2D eigenvalue weighted by atomic mass is 16.1. The van der Waals surface area contributed by atoms with Gasteiger partial charge in [0.2, 0.25) is 0 Å². The van der Waals surface area contributed by atoms with Crippen LogP contribution in [0.15, 0.2) is 30.7 Å². The summed E-state index contributed by atoms with van der Waals surface area (Å²) in [6.07, 6.45) is 5.06. The highest BCUT2D eigenvalue weighted by molar-refractivity contribution is 6.00. The van der Waals surface area contributed by atoms with E-state index >= 15 is 0 Å². The Balaban J connectivity index is 2.15. The highest BCUT2D eigenvalue weighted by Gasteiger charge is 2.11. The molecule has 0 fully saturated rings. The fourth-order valence-corrected chi connectivity index (χ4v) is 1.30. The summed E-state index contributed by atoms with van der Waals surface area (Å²) in [5, 5.41) is 6.22. The van der Waals surface area contributed by atoms with Gasteiger partial charge < -0.3 is 5.73 Å². The molecule has 0 atom stereocenters. The molecule has 0 spiro atoms. The molecule has 0 amide bonds.